The summed E-state index contributed by atoms with van der Waals surface area (Å²) in [6.45, 7) is 1.86. The highest BCUT2D eigenvalue weighted by atomic mass is 32.2. The molecule has 0 atom stereocenters. The molecular weight excluding hydrogens is 156 g/mol. The van der Waals surface area contributed by atoms with Gasteiger partial charge in [0.15, 0.2) is 5.12 Å². The number of carbonyl (C=O) groups is 1. The van der Waals surface area contributed by atoms with E-state index in [1.165, 1.54) is 11.8 Å². The van der Waals surface area contributed by atoms with Gasteiger partial charge in [-0.05, 0) is 12.1 Å². The van der Waals surface area contributed by atoms with Crippen LogP contribution in [0, 0.1) is 6.07 Å². The summed E-state index contributed by atoms with van der Waals surface area (Å²) in [6, 6.07) is 10.5. The molecule has 57 valence electrons. The van der Waals surface area contributed by atoms with E-state index in [-0.39, 0.29) is 5.12 Å². The summed E-state index contributed by atoms with van der Waals surface area (Å²) in [4.78, 5) is 11.8. The van der Waals surface area contributed by atoms with Gasteiger partial charge in [-0.3, -0.25) is 4.79 Å². The van der Waals surface area contributed by atoms with Crippen molar-refractivity contribution in [2.24, 2.45) is 0 Å². The summed E-state index contributed by atoms with van der Waals surface area (Å²) in [6.07, 6.45) is 0.577. The van der Waals surface area contributed by atoms with E-state index < -0.39 is 0 Å². The first-order chi connectivity index (χ1) is 5.33. The minimum Gasteiger partial charge on any atom is -0.287 e. The van der Waals surface area contributed by atoms with E-state index >= 15 is 0 Å². The van der Waals surface area contributed by atoms with Gasteiger partial charge in [-0.25, -0.2) is 0 Å². The zero-order valence-electron chi connectivity index (χ0n) is 6.33. The molecule has 0 N–H and O–H groups in total. The lowest BCUT2D eigenvalue weighted by molar-refractivity contribution is -0.110. The van der Waals surface area contributed by atoms with Crippen LogP contribution in [0.2, 0.25) is 0 Å². The first-order valence-corrected chi connectivity index (χ1v) is 4.32. The van der Waals surface area contributed by atoms with Crippen LogP contribution < -0.4 is 0 Å². The Kier molecular flexibility index (Phi) is 3.17. The van der Waals surface area contributed by atoms with Crippen molar-refractivity contribution in [2.75, 3.05) is 0 Å². The van der Waals surface area contributed by atoms with E-state index in [1.807, 2.05) is 31.2 Å². The third-order valence-corrected chi connectivity index (χ3v) is 2.18. The molecule has 0 bridgehead atoms. The van der Waals surface area contributed by atoms with Gasteiger partial charge in [0, 0.05) is 11.3 Å². The molecule has 1 aromatic carbocycles. The van der Waals surface area contributed by atoms with Crippen LogP contribution in [0.3, 0.4) is 0 Å². The Labute approximate surface area is 70.8 Å². The first kappa shape index (κ1) is 8.34. The molecule has 0 unspecified atom stereocenters. The quantitative estimate of drug-likeness (QED) is 0.626. The van der Waals surface area contributed by atoms with Gasteiger partial charge in [0.1, 0.15) is 0 Å². The largest absolute Gasteiger partial charge is 0.287 e. The van der Waals surface area contributed by atoms with Crippen LogP contribution in [-0.4, -0.2) is 5.12 Å². The third kappa shape index (κ3) is 2.76. The summed E-state index contributed by atoms with van der Waals surface area (Å²) >= 11 is 1.25. The molecule has 1 radical (unpaired) electrons. The Morgan fingerprint density at radius 1 is 1.64 bits per heavy atom. The Morgan fingerprint density at radius 3 is 3.00 bits per heavy atom. The van der Waals surface area contributed by atoms with Crippen LogP contribution in [-0.2, 0) is 4.79 Å². The van der Waals surface area contributed by atoms with Gasteiger partial charge in [0.2, 0.25) is 0 Å². The number of rotatable bonds is 2. The molecule has 0 spiro atoms. The zero-order valence-corrected chi connectivity index (χ0v) is 7.15. The van der Waals surface area contributed by atoms with Crippen molar-refractivity contribution in [3.63, 3.8) is 0 Å². The average molecular weight is 165 g/mol. The summed E-state index contributed by atoms with van der Waals surface area (Å²) in [5, 5.41) is 0.187. The number of hydrogen-bond donors (Lipinski definition) is 0. The normalized spacial score (nSPS) is 9.55. The lowest BCUT2D eigenvalue weighted by Gasteiger charge is -1.94. The lowest BCUT2D eigenvalue weighted by Crippen LogP contribution is -1.85. The van der Waals surface area contributed by atoms with Crippen molar-refractivity contribution in [3.05, 3.63) is 30.3 Å². The fraction of sp³-hybridized carbons (Fsp3) is 0.222. The fourth-order valence-corrected chi connectivity index (χ4v) is 1.30. The number of carbonyl (C=O) groups excluding carboxylic acids is 1. The molecule has 0 amide bonds. The van der Waals surface area contributed by atoms with Gasteiger partial charge in [0.25, 0.3) is 0 Å². The van der Waals surface area contributed by atoms with Crippen LogP contribution in [0.25, 0.3) is 0 Å². The van der Waals surface area contributed by atoms with Crippen molar-refractivity contribution in [3.8, 4) is 0 Å². The van der Waals surface area contributed by atoms with Crippen molar-refractivity contribution >= 4 is 16.9 Å². The second-order valence-corrected chi connectivity index (χ2v) is 3.15. The molecule has 0 fully saturated rings. The standard InChI is InChI=1S/C9H9OS/c1-2-9(10)11-8-6-4-3-5-7-8/h3-6H,2H2,1H3. The number of benzene rings is 1. The minimum atomic E-state index is 0.187. The third-order valence-electron chi connectivity index (χ3n) is 1.19. The molecular formula is C9H9OS. The van der Waals surface area contributed by atoms with E-state index in [4.69, 9.17) is 0 Å². The van der Waals surface area contributed by atoms with Crippen molar-refractivity contribution in [2.45, 2.75) is 18.2 Å². The number of hydrogen-bond acceptors (Lipinski definition) is 2. The van der Waals surface area contributed by atoms with E-state index in [2.05, 4.69) is 6.07 Å². The average Bonchev–Trinajstić information content (AvgIpc) is 2.06. The fourth-order valence-electron chi connectivity index (χ4n) is 0.635. The molecule has 0 aliphatic heterocycles. The summed E-state index contributed by atoms with van der Waals surface area (Å²) in [7, 11) is 0. The molecule has 0 saturated carbocycles. The minimum absolute atomic E-state index is 0.187. The van der Waals surface area contributed by atoms with Gasteiger partial charge in [0.05, 0.1) is 0 Å². The van der Waals surface area contributed by atoms with Gasteiger partial charge in [-0.2, -0.15) is 0 Å². The van der Waals surface area contributed by atoms with E-state index in [0.717, 1.165) is 4.90 Å². The first-order valence-electron chi connectivity index (χ1n) is 3.50. The molecule has 1 nitrogen and oxygen atoms in total. The van der Waals surface area contributed by atoms with Crippen LogP contribution in [0.4, 0.5) is 0 Å². The maximum absolute atomic E-state index is 10.9. The second-order valence-electron chi connectivity index (χ2n) is 2.05. The van der Waals surface area contributed by atoms with Crippen LogP contribution in [0.5, 0.6) is 0 Å². The Bertz CT molecular complexity index is 231. The summed E-state index contributed by atoms with van der Waals surface area (Å²) in [5.41, 5.74) is 0. The zero-order chi connectivity index (χ0) is 8.10. The van der Waals surface area contributed by atoms with E-state index in [0.29, 0.717) is 6.42 Å². The highest BCUT2D eigenvalue weighted by Gasteiger charge is 1.99. The molecule has 11 heavy (non-hydrogen) atoms. The van der Waals surface area contributed by atoms with E-state index in [1.54, 1.807) is 0 Å². The maximum atomic E-state index is 10.9. The van der Waals surface area contributed by atoms with Gasteiger partial charge in [-0.1, -0.05) is 36.9 Å². The van der Waals surface area contributed by atoms with Crippen molar-refractivity contribution < 1.29 is 4.79 Å². The molecule has 0 heterocycles. The maximum Gasteiger partial charge on any atom is 0.193 e. The van der Waals surface area contributed by atoms with Crippen LogP contribution >= 0.6 is 11.8 Å². The van der Waals surface area contributed by atoms with Gasteiger partial charge >= 0.3 is 0 Å². The monoisotopic (exact) mass is 165 g/mol. The SMILES string of the molecule is CCC(=O)Sc1[c]cccc1. The molecule has 1 aromatic rings. The van der Waals surface area contributed by atoms with Crippen LogP contribution in [0.1, 0.15) is 13.3 Å². The van der Waals surface area contributed by atoms with Gasteiger partial charge < -0.3 is 0 Å². The topological polar surface area (TPSA) is 17.1 Å². The lowest BCUT2D eigenvalue weighted by atomic mass is 10.4. The van der Waals surface area contributed by atoms with Gasteiger partial charge in [-0.15, -0.1) is 0 Å². The van der Waals surface area contributed by atoms with E-state index in [9.17, 15) is 4.79 Å². The molecule has 0 aliphatic carbocycles. The Morgan fingerprint density at radius 2 is 2.45 bits per heavy atom. The second kappa shape index (κ2) is 4.19. The Balaban J connectivity index is 2.58. The Hall–Kier alpha value is -0.760. The summed E-state index contributed by atoms with van der Waals surface area (Å²) < 4.78 is 0. The van der Waals surface area contributed by atoms with Crippen LogP contribution in [0.15, 0.2) is 29.2 Å². The molecule has 0 aliphatic rings. The molecule has 2 heteroatoms. The highest BCUT2D eigenvalue weighted by molar-refractivity contribution is 8.13. The predicted octanol–water partition coefficient (Wildman–Crippen LogP) is 2.52. The number of thioether (sulfide) groups is 1. The van der Waals surface area contributed by atoms with Crippen molar-refractivity contribution in [1.82, 2.24) is 0 Å². The molecule has 1 rings (SSSR count). The smallest absolute Gasteiger partial charge is 0.193 e. The summed E-state index contributed by atoms with van der Waals surface area (Å²) in [5.74, 6) is 0. The highest BCUT2D eigenvalue weighted by Crippen LogP contribution is 2.18. The molecule has 0 aromatic heterocycles. The van der Waals surface area contributed by atoms with Crippen molar-refractivity contribution in [1.29, 1.82) is 0 Å². The molecule has 0 saturated heterocycles. The predicted molar refractivity (Wildman–Crippen MR) is 46.4 cm³/mol.